The molecule has 0 amide bonds. The molecule has 8 nitrogen and oxygen atoms in total. The van der Waals surface area contributed by atoms with Gasteiger partial charge in [-0.25, -0.2) is 0 Å². The average molecular weight is 616 g/mol. The second kappa shape index (κ2) is 8.94. The first-order valence-corrected chi connectivity index (χ1v) is 13.4. The van der Waals surface area contributed by atoms with E-state index in [-0.39, 0.29) is 24.8 Å². The van der Waals surface area contributed by atoms with E-state index in [1.54, 1.807) is 9.59 Å². The van der Waals surface area contributed by atoms with Gasteiger partial charge < -0.3 is 24.8 Å². The van der Waals surface area contributed by atoms with E-state index >= 15 is 0 Å². The quantitative estimate of drug-likeness (QED) is 0.222. The molecule has 0 saturated carbocycles. The van der Waals surface area contributed by atoms with E-state index in [4.69, 9.17) is 0 Å². The van der Waals surface area contributed by atoms with Crippen molar-refractivity contribution in [3.05, 3.63) is 83.4 Å². The van der Waals surface area contributed by atoms with Crippen LogP contribution in [-0.2, 0) is 22.9 Å². The summed E-state index contributed by atoms with van der Waals surface area (Å²) in [5, 5.41) is 24.9. The number of hydrogen-bond acceptors (Lipinski definition) is 6. The molecule has 4 aromatic rings. The summed E-state index contributed by atoms with van der Waals surface area (Å²) in [6.07, 6.45) is 7.38. The zero-order chi connectivity index (χ0) is 19.2. The molecule has 0 bridgehead atoms. The minimum absolute atomic E-state index is 0. The van der Waals surface area contributed by atoms with Crippen molar-refractivity contribution in [2.24, 2.45) is 0 Å². The van der Waals surface area contributed by atoms with Gasteiger partial charge in [0.15, 0.2) is 0 Å². The number of allylic oxidation sites excluding steroid dienone is 2. The molecule has 0 spiro atoms. The minimum Gasteiger partial charge on any atom is -1.00 e. The Morgan fingerprint density at radius 2 is 1.10 bits per heavy atom. The molecular weight excluding hydrogens is 602 g/mol. The number of tetrazole rings is 2. The molecule has 2 aliphatic rings. The molecule has 2 aliphatic carbocycles. The normalized spacial score (nSPS) is 18.1. The van der Waals surface area contributed by atoms with Crippen molar-refractivity contribution < 1.29 is 47.7 Å². The SMILES string of the molecule is C1=C(n2ncnn2)[CH]([Hf+2][CH]2C(n3ncnn3)=Cc3ccccc32)c2ccccc21.[Cl-].[Cl-]. The fourth-order valence-corrected chi connectivity index (χ4v) is 11.1. The van der Waals surface area contributed by atoms with Crippen LogP contribution in [0.15, 0.2) is 61.2 Å². The van der Waals surface area contributed by atoms with E-state index in [9.17, 15) is 0 Å². The van der Waals surface area contributed by atoms with E-state index < -0.39 is 22.9 Å². The van der Waals surface area contributed by atoms with E-state index in [1.165, 1.54) is 34.9 Å². The molecule has 2 aromatic carbocycles. The number of hydrogen-bond donors (Lipinski definition) is 0. The predicted molar refractivity (Wildman–Crippen MR) is 102 cm³/mol. The van der Waals surface area contributed by atoms with Crippen molar-refractivity contribution in [1.29, 1.82) is 0 Å². The van der Waals surface area contributed by atoms with Crippen LogP contribution in [0.25, 0.3) is 23.5 Å². The van der Waals surface area contributed by atoms with Crippen LogP contribution < -0.4 is 24.8 Å². The second-order valence-electron chi connectivity index (χ2n) is 6.88. The first kappa shape index (κ1) is 21.7. The van der Waals surface area contributed by atoms with Gasteiger partial charge in [-0.15, -0.1) is 0 Å². The van der Waals surface area contributed by atoms with Crippen molar-refractivity contribution in [3.8, 4) is 0 Å². The van der Waals surface area contributed by atoms with Crippen LogP contribution >= 0.6 is 0 Å². The van der Waals surface area contributed by atoms with E-state index in [2.05, 4.69) is 91.5 Å². The zero-order valence-electron chi connectivity index (χ0n) is 15.9. The summed E-state index contributed by atoms with van der Waals surface area (Å²) in [6, 6.07) is 17.2. The van der Waals surface area contributed by atoms with Gasteiger partial charge in [-0.2, -0.15) is 0 Å². The van der Waals surface area contributed by atoms with Crippen LogP contribution in [-0.4, -0.2) is 40.4 Å². The summed E-state index contributed by atoms with van der Waals surface area (Å²) >= 11 is -1.44. The van der Waals surface area contributed by atoms with Crippen LogP contribution in [0.3, 0.4) is 0 Å². The molecule has 6 rings (SSSR count). The molecule has 0 saturated heterocycles. The Kier molecular flexibility index (Phi) is 6.27. The molecule has 152 valence electrons. The average Bonchev–Trinajstić information content (AvgIpc) is 3.55. The van der Waals surface area contributed by atoms with Crippen molar-refractivity contribution in [2.75, 3.05) is 0 Å². The first-order chi connectivity index (χ1) is 14.4. The minimum atomic E-state index is -1.44. The Morgan fingerprint density at radius 3 is 1.52 bits per heavy atom. The molecule has 2 atom stereocenters. The summed E-state index contributed by atoms with van der Waals surface area (Å²) in [6.45, 7) is 0. The van der Waals surface area contributed by atoms with Gasteiger partial charge in [-0.3, -0.25) is 0 Å². The number of aromatic nitrogens is 8. The molecule has 0 fully saturated rings. The molecule has 2 aromatic heterocycles. The molecular formula is C20H14Cl2HfN8. The maximum Gasteiger partial charge on any atom is -1.00 e. The summed E-state index contributed by atoms with van der Waals surface area (Å²) in [5.41, 5.74) is 7.43. The Balaban J connectivity index is 0.00000116. The Bertz CT molecular complexity index is 1160. The van der Waals surface area contributed by atoms with Gasteiger partial charge in [0.2, 0.25) is 0 Å². The summed E-state index contributed by atoms with van der Waals surface area (Å²) in [4.78, 5) is 3.35. The van der Waals surface area contributed by atoms with Gasteiger partial charge in [-0.05, 0) is 0 Å². The van der Waals surface area contributed by atoms with Crippen LogP contribution in [0, 0.1) is 0 Å². The molecule has 2 heterocycles. The van der Waals surface area contributed by atoms with Gasteiger partial charge in [0.05, 0.1) is 0 Å². The smallest absolute Gasteiger partial charge is 1.00 e. The second-order valence-corrected chi connectivity index (χ2v) is 12.2. The largest absolute Gasteiger partial charge is 1.00 e. The van der Waals surface area contributed by atoms with Gasteiger partial charge in [-0.1, -0.05) is 0 Å². The van der Waals surface area contributed by atoms with Crippen LogP contribution in [0.4, 0.5) is 0 Å². The number of benzene rings is 2. The Morgan fingerprint density at radius 1 is 0.645 bits per heavy atom. The third-order valence-electron chi connectivity index (χ3n) is 5.31. The number of halogens is 2. The van der Waals surface area contributed by atoms with Crippen molar-refractivity contribution in [1.82, 2.24) is 40.4 Å². The predicted octanol–water partition coefficient (Wildman–Crippen LogP) is -3.44. The van der Waals surface area contributed by atoms with E-state index in [1.807, 2.05) is 0 Å². The zero-order valence-corrected chi connectivity index (χ0v) is 21.0. The van der Waals surface area contributed by atoms with Crippen LogP contribution in [0.2, 0.25) is 0 Å². The molecule has 11 heteroatoms. The first-order valence-electron chi connectivity index (χ1n) is 9.22. The summed E-state index contributed by atoms with van der Waals surface area (Å²) in [7, 11) is 0. The third-order valence-corrected chi connectivity index (χ3v) is 12.1. The third kappa shape index (κ3) is 3.71. The van der Waals surface area contributed by atoms with Crippen molar-refractivity contribution in [2.45, 2.75) is 7.35 Å². The maximum atomic E-state index is 4.32. The summed E-state index contributed by atoms with van der Waals surface area (Å²) in [5.74, 6) is 0. The topological polar surface area (TPSA) is 87.2 Å². The fourth-order valence-electron chi connectivity index (χ4n) is 4.05. The van der Waals surface area contributed by atoms with Gasteiger partial charge >= 0.3 is 178 Å². The van der Waals surface area contributed by atoms with Crippen LogP contribution in [0.5, 0.6) is 0 Å². The van der Waals surface area contributed by atoms with Crippen molar-refractivity contribution in [3.63, 3.8) is 0 Å². The van der Waals surface area contributed by atoms with Gasteiger partial charge in [0, 0.05) is 0 Å². The van der Waals surface area contributed by atoms with E-state index in [0.29, 0.717) is 7.35 Å². The Hall–Kier alpha value is -2.49. The maximum absolute atomic E-state index is 4.32. The summed E-state index contributed by atoms with van der Waals surface area (Å²) < 4.78 is 0.645. The van der Waals surface area contributed by atoms with Gasteiger partial charge in [0.25, 0.3) is 0 Å². The molecule has 0 N–H and O–H groups in total. The number of rotatable bonds is 4. The Labute approximate surface area is 201 Å². The number of nitrogens with zero attached hydrogens (tertiary/aromatic N) is 8. The molecule has 2 unspecified atom stereocenters. The van der Waals surface area contributed by atoms with E-state index in [0.717, 1.165) is 11.4 Å². The van der Waals surface area contributed by atoms with Gasteiger partial charge in [0.1, 0.15) is 0 Å². The van der Waals surface area contributed by atoms with Crippen LogP contribution in [0.1, 0.15) is 29.6 Å². The van der Waals surface area contributed by atoms with Crippen molar-refractivity contribution >= 4 is 23.5 Å². The molecule has 31 heavy (non-hydrogen) atoms. The fraction of sp³-hybridized carbons (Fsp3) is 0.100. The molecule has 0 aliphatic heterocycles. The standard InChI is InChI=1S/2C10H7N4.2ClH.Hf/c2*1-2-4-9-6-10(5-8(9)3-1)14-12-7-11-13-14;;;/h2*1-7H;2*1H;/q;;;;+2/p-2. The molecule has 0 radical (unpaired) electrons. The monoisotopic (exact) mass is 616 g/mol. The number of fused-ring (bicyclic) bond motifs is 2.